The summed E-state index contributed by atoms with van der Waals surface area (Å²) in [6, 6.07) is 4.37. The minimum absolute atomic E-state index is 0.160. The van der Waals surface area contributed by atoms with Crippen LogP contribution in [0, 0.1) is 0 Å². The van der Waals surface area contributed by atoms with Gasteiger partial charge in [-0.05, 0) is 30.3 Å². The fraction of sp³-hybridized carbons (Fsp3) is 0.235. The third-order valence-corrected chi connectivity index (χ3v) is 3.33. The Morgan fingerprint density at radius 2 is 1.88 bits per heavy atom. The van der Waals surface area contributed by atoms with E-state index < -0.39 is 17.5 Å². The number of nitrogens with zero attached hydrogens (tertiary/aromatic N) is 1. The molecule has 3 rings (SSSR count). The van der Waals surface area contributed by atoms with Gasteiger partial charge in [-0.3, -0.25) is 4.99 Å². The third-order valence-electron chi connectivity index (χ3n) is 3.33. The Bertz CT molecular complexity index is 789. The molecule has 0 fully saturated rings. The summed E-state index contributed by atoms with van der Waals surface area (Å²) in [6.07, 6.45) is -1.45. The molecule has 0 aliphatic carbocycles. The zero-order valence-electron chi connectivity index (χ0n) is 13.2. The normalized spacial score (nSPS) is 13.9. The standard InChI is InChI=1S/C15H11F3N2O2.C2H6/c16-15(17,18)8-1-2-10(12(21)7-8)13-14-9(4-6-22-14)11(19)3-5-20-13;1-2/h1-4,6-7,21H,5,19H2;1-2H3. The SMILES string of the molecule is CC.NC1=CCN=C(c2ccc(C(F)(F)F)cc2O)c2occc21. The van der Waals surface area contributed by atoms with Crippen LogP contribution in [0.2, 0.25) is 0 Å². The molecule has 1 aliphatic rings. The van der Waals surface area contributed by atoms with Gasteiger partial charge in [0.15, 0.2) is 5.76 Å². The molecule has 1 aliphatic heterocycles. The molecule has 7 heteroatoms. The van der Waals surface area contributed by atoms with Crippen molar-refractivity contribution in [3.05, 3.63) is 59.1 Å². The Morgan fingerprint density at radius 3 is 2.50 bits per heavy atom. The van der Waals surface area contributed by atoms with Gasteiger partial charge >= 0.3 is 6.18 Å². The number of nitrogens with two attached hydrogens (primary N) is 1. The summed E-state index contributed by atoms with van der Waals surface area (Å²) < 4.78 is 43.3. The number of halogens is 3. The summed E-state index contributed by atoms with van der Waals surface area (Å²) in [5.41, 5.74) is 6.42. The van der Waals surface area contributed by atoms with Gasteiger partial charge < -0.3 is 15.3 Å². The first-order chi connectivity index (χ1) is 11.4. The highest BCUT2D eigenvalue weighted by Gasteiger charge is 2.32. The molecule has 2 aromatic rings. The maximum atomic E-state index is 12.7. The van der Waals surface area contributed by atoms with Crippen LogP contribution in [-0.2, 0) is 6.18 Å². The van der Waals surface area contributed by atoms with Crippen molar-refractivity contribution >= 4 is 11.4 Å². The lowest BCUT2D eigenvalue weighted by Gasteiger charge is -2.11. The summed E-state index contributed by atoms with van der Waals surface area (Å²) in [4.78, 5) is 4.24. The number of hydrogen-bond donors (Lipinski definition) is 2. The molecule has 0 saturated carbocycles. The average molecular weight is 338 g/mol. The maximum absolute atomic E-state index is 12.7. The first-order valence-corrected chi connectivity index (χ1v) is 7.37. The first kappa shape index (κ1) is 17.7. The van der Waals surface area contributed by atoms with Crippen LogP contribution < -0.4 is 5.73 Å². The number of phenols is 1. The summed E-state index contributed by atoms with van der Waals surface area (Å²) >= 11 is 0. The fourth-order valence-corrected chi connectivity index (χ4v) is 2.25. The maximum Gasteiger partial charge on any atom is 0.416 e. The summed E-state index contributed by atoms with van der Waals surface area (Å²) in [5.74, 6) is -0.197. The Labute approximate surface area is 137 Å². The van der Waals surface area contributed by atoms with Gasteiger partial charge in [0.2, 0.25) is 0 Å². The zero-order chi connectivity index (χ0) is 17.9. The molecule has 0 bridgehead atoms. The number of phenolic OH excluding ortho intramolecular Hbond substituents is 1. The van der Waals surface area contributed by atoms with Crippen molar-refractivity contribution in [2.45, 2.75) is 20.0 Å². The number of rotatable bonds is 1. The number of fused-ring (bicyclic) bond motifs is 1. The van der Waals surface area contributed by atoms with Crippen molar-refractivity contribution in [3.8, 4) is 5.75 Å². The van der Waals surface area contributed by atoms with Crippen molar-refractivity contribution in [2.24, 2.45) is 10.7 Å². The molecule has 0 spiro atoms. The number of benzene rings is 1. The number of furan rings is 1. The third kappa shape index (κ3) is 3.29. The molecule has 2 heterocycles. The van der Waals surface area contributed by atoms with E-state index in [0.29, 0.717) is 23.1 Å². The Balaban J connectivity index is 0.00000100. The van der Waals surface area contributed by atoms with E-state index in [-0.39, 0.29) is 17.8 Å². The smallest absolute Gasteiger partial charge is 0.416 e. The van der Waals surface area contributed by atoms with Crippen LogP contribution in [-0.4, -0.2) is 17.4 Å². The van der Waals surface area contributed by atoms with Crippen LogP contribution in [0.3, 0.4) is 0 Å². The van der Waals surface area contributed by atoms with Gasteiger partial charge in [0.25, 0.3) is 0 Å². The average Bonchev–Trinajstić information content (AvgIpc) is 2.97. The molecule has 1 aromatic carbocycles. The van der Waals surface area contributed by atoms with E-state index >= 15 is 0 Å². The summed E-state index contributed by atoms with van der Waals surface area (Å²) in [6.45, 7) is 4.24. The van der Waals surface area contributed by atoms with Gasteiger partial charge in [-0.2, -0.15) is 13.2 Å². The minimum Gasteiger partial charge on any atom is -0.507 e. The van der Waals surface area contributed by atoms with E-state index in [1.54, 1.807) is 12.1 Å². The molecule has 3 N–H and O–H groups in total. The van der Waals surface area contributed by atoms with Gasteiger partial charge in [-0.1, -0.05) is 13.8 Å². The van der Waals surface area contributed by atoms with Crippen LogP contribution in [0.4, 0.5) is 13.2 Å². The van der Waals surface area contributed by atoms with E-state index in [9.17, 15) is 18.3 Å². The van der Waals surface area contributed by atoms with Gasteiger partial charge in [0.1, 0.15) is 11.5 Å². The Morgan fingerprint density at radius 1 is 1.17 bits per heavy atom. The molecule has 1 aromatic heterocycles. The van der Waals surface area contributed by atoms with E-state index in [1.165, 1.54) is 12.3 Å². The predicted octanol–water partition coefficient (Wildman–Crippen LogP) is 4.18. The molecule has 0 saturated heterocycles. The topological polar surface area (TPSA) is 71.8 Å². The second kappa shape index (κ2) is 6.82. The summed E-state index contributed by atoms with van der Waals surface area (Å²) in [7, 11) is 0. The number of alkyl halides is 3. The molecule has 0 radical (unpaired) electrons. The van der Waals surface area contributed by atoms with Crippen LogP contribution in [0.15, 0.2) is 46.0 Å². The first-order valence-electron chi connectivity index (χ1n) is 7.37. The fourth-order valence-electron chi connectivity index (χ4n) is 2.25. The lowest BCUT2D eigenvalue weighted by atomic mass is 10.0. The van der Waals surface area contributed by atoms with E-state index in [0.717, 1.165) is 6.07 Å². The van der Waals surface area contributed by atoms with Crippen molar-refractivity contribution in [1.29, 1.82) is 0 Å². The van der Waals surface area contributed by atoms with Gasteiger partial charge in [0.05, 0.1) is 18.4 Å². The van der Waals surface area contributed by atoms with Gasteiger partial charge in [-0.15, -0.1) is 0 Å². The Kier molecular flexibility index (Phi) is 5.02. The molecule has 0 atom stereocenters. The monoisotopic (exact) mass is 338 g/mol. The van der Waals surface area contributed by atoms with Crippen molar-refractivity contribution in [2.75, 3.05) is 6.54 Å². The van der Waals surface area contributed by atoms with Crippen LogP contribution in [0.25, 0.3) is 5.70 Å². The molecule has 128 valence electrons. The largest absolute Gasteiger partial charge is 0.507 e. The van der Waals surface area contributed by atoms with E-state index in [1.807, 2.05) is 13.8 Å². The quantitative estimate of drug-likeness (QED) is 0.819. The molecule has 24 heavy (non-hydrogen) atoms. The van der Waals surface area contributed by atoms with Crippen LogP contribution in [0.5, 0.6) is 5.75 Å². The van der Waals surface area contributed by atoms with Crippen LogP contribution >= 0.6 is 0 Å². The second-order valence-corrected chi connectivity index (χ2v) is 4.74. The molecular formula is C17H17F3N2O2. The van der Waals surface area contributed by atoms with Crippen LogP contribution in [0.1, 0.15) is 36.3 Å². The Hall–Kier alpha value is -2.70. The van der Waals surface area contributed by atoms with Crippen molar-refractivity contribution < 1.29 is 22.7 Å². The van der Waals surface area contributed by atoms with E-state index in [4.69, 9.17) is 10.2 Å². The highest BCUT2D eigenvalue weighted by Crippen LogP contribution is 2.34. The zero-order valence-corrected chi connectivity index (χ0v) is 13.2. The summed E-state index contributed by atoms with van der Waals surface area (Å²) in [5, 5.41) is 9.96. The highest BCUT2D eigenvalue weighted by atomic mass is 19.4. The van der Waals surface area contributed by atoms with Crippen molar-refractivity contribution in [1.82, 2.24) is 0 Å². The number of aliphatic imine (C=N–C) groups is 1. The molecular weight excluding hydrogens is 321 g/mol. The minimum atomic E-state index is -4.52. The lowest BCUT2D eigenvalue weighted by Crippen LogP contribution is -2.09. The van der Waals surface area contributed by atoms with Crippen molar-refractivity contribution in [3.63, 3.8) is 0 Å². The number of aromatic hydroxyl groups is 1. The molecule has 0 amide bonds. The van der Waals surface area contributed by atoms with Gasteiger partial charge in [0, 0.05) is 16.8 Å². The van der Waals surface area contributed by atoms with Gasteiger partial charge in [-0.25, -0.2) is 0 Å². The predicted molar refractivity (Wildman–Crippen MR) is 85.8 cm³/mol. The highest BCUT2D eigenvalue weighted by molar-refractivity contribution is 6.15. The lowest BCUT2D eigenvalue weighted by molar-refractivity contribution is -0.137. The number of hydrogen-bond acceptors (Lipinski definition) is 4. The molecule has 0 unspecified atom stereocenters. The second-order valence-electron chi connectivity index (χ2n) is 4.74. The van der Waals surface area contributed by atoms with E-state index in [2.05, 4.69) is 4.99 Å². The molecule has 4 nitrogen and oxygen atoms in total.